The average Bonchev–Trinajstić information content (AvgIpc) is 3.39. The zero-order valence-corrected chi connectivity index (χ0v) is 16.9. The van der Waals surface area contributed by atoms with Gasteiger partial charge in [-0.3, -0.25) is 9.67 Å². The van der Waals surface area contributed by atoms with Crippen molar-refractivity contribution in [3.8, 4) is 0 Å². The van der Waals surface area contributed by atoms with Crippen LogP contribution in [-0.4, -0.2) is 67.7 Å². The van der Waals surface area contributed by atoms with Gasteiger partial charge in [0.25, 0.3) is 0 Å². The van der Waals surface area contributed by atoms with Crippen LogP contribution in [0.3, 0.4) is 0 Å². The summed E-state index contributed by atoms with van der Waals surface area (Å²) >= 11 is 0. The van der Waals surface area contributed by atoms with E-state index in [0.717, 1.165) is 45.2 Å². The van der Waals surface area contributed by atoms with E-state index in [0.29, 0.717) is 19.1 Å². The topological polar surface area (TPSA) is 63.9 Å². The molecule has 1 aliphatic heterocycles. The standard InChI is InChI=1S/C21H31N5O2/c1-22-21(25-11-8-18(15-25)17-28-13-12-27-2)23-14-19-6-3-4-7-20(19)16-26-10-5-9-24-26/h3-7,9-10,18H,8,11-17H2,1-2H3,(H,22,23). The molecule has 1 aromatic heterocycles. The van der Waals surface area contributed by atoms with Crippen LogP contribution < -0.4 is 5.32 Å². The minimum absolute atomic E-state index is 0.544. The Labute approximate surface area is 167 Å². The number of ether oxygens (including phenoxy) is 2. The molecule has 0 bridgehead atoms. The number of hydrogen-bond donors (Lipinski definition) is 1. The first-order chi connectivity index (χ1) is 13.8. The summed E-state index contributed by atoms with van der Waals surface area (Å²) in [5, 5.41) is 7.85. The second-order valence-corrected chi connectivity index (χ2v) is 7.04. The number of likely N-dealkylation sites (tertiary alicyclic amines) is 1. The Bertz CT molecular complexity index is 732. The Balaban J connectivity index is 1.51. The van der Waals surface area contributed by atoms with Crippen molar-refractivity contribution in [3.05, 3.63) is 53.9 Å². The van der Waals surface area contributed by atoms with Gasteiger partial charge in [-0.15, -0.1) is 0 Å². The van der Waals surface area contributed by atoms with Crippen LogP contribution in [0.2, 0.25) is 0 Å². The number of aromatic nitrogens is 2. The smallest absolute Gasteiger partial charge is 0.193 e. The number of nitrogens with zero attached hydrogens (tertiary/aromatic N) is 4. The minimum Gasteiger partial charge on any atom is -0.382 e. The van der Waals surface area contributed by atoms with Gasteiger partial charge >= 0.3 is 0 Å². The predicted octanol–water partition coefficient (Wildman–Crippen LogP) is 1.99. The van der Waals surface area contributed by atoms with Crippen molar-refractivity contribution in [1.82, 2.24) is 20.0 Å². The molecule has 2 heterocycles. The van der Waals surface area contributed by atoms with Crippen molar-refractivity contribution >= 4 is 5.96 Å². The highest BCUT2D eigenvalue weighted by Gasteiger charge is 2.25. The quantitative estimate of drug-likeness (QED) is 0.406. The lowest BCUT2D eigenvalue weighted by atomic mass is 10.1. The van der Waals surface area contributed by atoms with E-state index in [1.807, 2.05) is 30.2 Å². The fraction of sp³-hybridized carbons (Fsp3) is 0.524. The molecule has 7 nitrogen and oxygen atoms in total. The summed E-state index contributed by atoms with van der Waals surface area (Å²) in [4.78, 5) is 6.81. The highest BCUT2D eigenvalue weighted by molar-refractivity contribution is 5.80. The number of guanidine groups is 1. The molecule has 1 unspecified atom stereocenters. The second-order valence-electron chi connectivity index (χ2n) is 7.04. The molecule has 0 aliphatic carbocycles. The van der Waals surface area contributed by atoms with E-state index in [1.54, 1.807) is 7.11 Å². The zero-order valence-electron chi connectivity index (χ0n) is 16.9. The first-order valence-electron chi connectivity index (χ1n) is 9.86. The van der Waals surface area contributed by atoms with Gasteiger partial charge in [0, 0.05) is 52.1 Å². The molecule has 1 aliphatic rings. The molecular weight excluding hydrogens is 354 g/mol. The van der Waals surface area contributed by atoms with Gasteiger partial charge in [-0.2, -0.15) is 5.10 Å². The molecular formula is C21H31N5O2. The summed E-state index contributed by atoms with van der Waals surface area (Å²) < 4.78 is 12.7. The normalized spacial score (nSPS) is 17.3. The molecule has 0 spiro atoms. The molecule has 0 radical (unpaired) electrons. The molecule has 2 aromatic rings. The number of rotatable bonds is 9. The van der Waals surface area contributed by atoms with E-state index in [1.165, 1.54) is 11.1 Å². The van der Waals surface area contributed by atoms with E-state index in [-0.39, 0.29) is 0 Å². The summed E-state index contributed by atoms with van der Waals surface area (Å²) in [5.41, 5.74) is 2.53. The molecule has 3 rings (SSSR count). The summed E-state index contributed by atoms with van der Waals surface area (Å²) in [6.45, 7) is 5.59. The fourth-order valence-corrected chi connectivity index (χ4v) is 3.51. The maximum absolute atomic E-state index is 5.69. The van der Waals surface area contributed by atoms with Gasteiger partial charge in [-0.1, -0.05) is 24.3 Å². The summed E-state index contributed by atoms with van der Waals surface area (Å²) in [6.07, 6.45) is 4.93. The maximum Gasteiger partial charge on any atom is 0.193 e. The number of benzene rings is 1. The Morgan fingerprint density at radius 2 is 2.11 bits per heavy atom. The van der Waals surface area contributed by atoms with E-state index in [9.17, 15) is 0 Å². The Morgan fingerprint density at radius 1 is 1.25 bits per heavy atom. The number of aliphatic imine (C=N–C) groups is 1. The fourth-order valence-electron chi connectivity index (χ4n) is 3.51. The number of hydrogen-bond acceptors (Lipinski definition) is 4. The lowest BCUT2D eigenvalue weighted by Gasteiger charge is -2.22. The second kappa shape index (κ2) is 10.8. The van der Waals surface area contributed by atoms with E-state index < -0.39 is 0 Å². The van der Waals surface area contributed by atoms with Gasteiger partial charge in [-0.25, -0.2) is 0 Å². The Kier molecular flexibility index (Phi) is 7.87. The van der Waals surface area contributed by atoms with Gasteiger partial charge in [0.1, 0.15) is 0 Å². The predicted molar refractivity (Wildman–Crippen MR) is 110 cm³/mol. The van der Waals surface area contributed by atoms with E-state index >= 15 is 0 Å². The molecule has 1 aromatic carbocycles. The van der Waals surface area contributed by atoms with Crippen molar-refractivity contribution in [2.75, 3.05) is 47.1 Å². The molecule has 152 valence electrons. The summed E-state index contributed by atoms with van der Waals surface area (Å²) in [6, 6.07) is 10.4. The molecule has 28 heavy (non-hydrogen) atoms. The molecule has 0 saturated carbocycles. The van der Waals surface area contributed by atoms with Crippen LogP contribution in [0.5, 0.6) is 0 Å². The monoisotopic (exact) mass is 385 g/mol. The summed E-state index contributed by atoms with van der Waals surface area (Å²) in [7, 11) is 3.55. The van der Waals surface area contributed by atoms with Crippen LogP contribution in [0.15, 0.2) is 47.7 Å². The molecule has 1 atom stereocenters. The minimum atomic E-state index is 0.544. The van der Waals surface area contributed by atoms with Crippen molar-refractivity contribution in [2.45, 2.75) is 19.5 Å². The molecule has 1 saturated heterocycles. The molecule has 1 N–H and O–H groups in total. The van der Waals surface area contributed by atoms with Crippen LogP contribution in [-0.2, 0) is 22.6 Å². The van der Waals surface area contributed by atoms with Crippen molar-refractivity contribution in [2.24, 2.45) is 10.9 Å². The maximum atomic E-state index is 5.69. The number of methoxy groups -OCH3 is 1. The largest absolute Gasteiger partial charge is 0.382 e. The van der Waals surface area contributed by atoms with Gasteiger partial charge in [0.15, 0.2) is 5.96 Å². The van der Waals surface area contributed by atoms with E-state index in [4.69, 9.17) is 9.47 Å². The molecule has 0 amide bonds. The Hall–Kier alpha value is -2.38. The zero-order chi connectivity index (χ0) is 19.6. The van der Waals surface area contributed by atoms with Crippen LogP contribution >= 0.6 is 0 Å². The summed E-state index contributed by atoms with van der Waals surface area (Å²) in [5.74, 6) is 1.50. The van der Waals surface area contributed by atoms with Gasteiger partial charge < -0.3 is 19.7 Å². The molecule has 7 heteroatoms. The van der Waals surface area contributed by atoms with Gasteiger partial charge in [0.2, 0.25) is 0 Å². The van der Waals surface area contributed by atoms with Crippen molar-refractivity contribution < 1.29 is 9.47 Å². The third-order valence-electron chi connectivity index (χ3n) is 5.03. The molecule has 1 fully saturated rings. The number of nitrogens with one attached hydrogen (secondary N) is 1. The van der Waals surface area contributed by atoms with E-state index in [2.05, 4.69) is 44.6 Å². The van der Waals surface area contributed by atoms with Crippen molar-refractivity contribution in [3.63, 3.8) is 0 Å². The van der Waals surface area contributed by atoms with Crippen LogP contribution in [0, 0.1) is 5.92 Å². The third kappa shape index (κ3) is 5.81. The highest BCUT2D eigenvalue weighted by Crippen LogP contribution is 2.17. The van der Waals surface area contributed by atoms with Crippen molar-refractivity contribution in [1.29, 1.82) is 0 Å². The first-order valence-corrected chi connectivity index (χ1v) is 9.86. The first kappa shape index (κ1) is 20.4. The lowest BCUT2D eigenvalue weighted by Crippen LogP contribution is -2.40. The Morgan fingerprint density at radius 3 is 2.86 bits per heavy atom. The van der Waals surface area contributed by atoms with Gasteiger partial charge in [-0.05, 0) is 23.6 Å². The van der Waals surface area contributed by atoms with Crippen LogP contribution in [0.25, 0.3) is 0 Å². The highest BCUT2D eigenvalue weighted by atomic mass is 16.5. The lowest BCUT2D eigenvalue weighted by molar-refractivity contribution is 0.0536. The van der Waals surface area contributed by atoms with Crippen LogP contribution in [0.1, 0.15) is 17.5 Å². The van der Waals surface area contributed by atoms with Gasteiger partial charge in [0.05, 0.1) is 26.4 Å². The SMILES string of the molecule is CN=C(NCc1ccccc1Cn1cccn1)N1CCC(COCCOC)C1. The van der Waals surface area contributed by atoms with Crippen LogP contribution in [0.4, 0.5) is 0 Å². The third-order valence-corrected chi connectivity index (χ3v) is 5.03. The average molecular weight is 386 g/mol.